The SMILES string of the molecule is O=C(O)C(F)(F)F.O=C(c1cccs1)N1CC[C@H]2[C@H]1CCN2CC1CCOCC1. The Labute approximate surface area is 171 Å². The number of ether oxygens (including phenoxy) is 1. The minimum Gasteiger partial charge on any atom is -0.475 e. The van der Waals surface area contributed by atoms with Crippen molar-refractivity contribution in [3.63, 3.8) is 0 Å². The number of carbonyl (C=O) groups is 2. The maximum Gasteiger partial charge on any atom is 0.490 e. The second-order valence-corrected chi connectivity index (χ2v) is 8.49. The number of hydrogen-bond acceptors (Lipinski definition) is 5. The van der Waals surface area contributed by atoms with Gasteiger partial charge in [-0.2, -0.15) is 13.2 Å². The summed E-state index contributed by atoms with van der Waals surface area (Å²) in [6.07, 6.45) is -0.395. The highest BCUT2D eigenvalue weighted by molar-refractivity contribution is 7.12. The van der Waals surface area contributed by atoms with Crippen LogP contribution < -0.4 is 0 Å². The molecule has 4 rings (SSSR count). The minimum atomic E-state index is -5.08. The van der Waals surface area contributed by atoms with Gasteiger partial charge in [0.1, 0.15) is 0 Å². The molecule has 3 aliphatic heterocycles. The first kappa shape index (κ1) is 22.0. The van der Waals surface area contributed by atoms with Crippen molar-refractivity contribution < 1.29 is 32.6 Å². The monoisotopic (exact) mass is 434 g/mol. The van der Waals surface area contributed by atoms with E-state index in [4.69, 9.17) is 14.6 Å². The lowest BCUT2D eigenvalue weighted by Crippen LogP contribution is -2.41. The van der Waals surface area contributed by atoms with Crippen molar-refractivity contribution in [2.75, 3.05) is 32.8 Å². The smallest absolute Gasteiger partial charge is 0.475 e. The van der Waals surface area contributed by atoms with Crippen molar-refractivity contribution in [3.8, 4) is 0 Å². The van der Waals surface area contributed by atoms with Gasteiger partial charge < -0.3 is 14.7 Å². The fourth-order valence-electron chi connectivity index (χ4n) is 4.36. The number of amides is 1. The van der Waals surface area contributed by atoms with Gasteiger partial charge in [-0.05, 0) is 43.0 Å². The second kappa shape index (κ2) is 9.44. The van der Waals surface area contributed by atoms with Gasteiger partial charge in [-0.1, -0.05) is 6.07 Å². The van der Waals surface area contributed by atoms with E-state index in [-0.39, 0.29) is 5.91 Å². The number of nitrogens with zero attached hydrogens (tertiary/aromatic N) is 2. The zero-order valence-electron chi connectivity index (χ0n) is 15.9. The molecule has 0 aliphatic carbocycles. The Morgan fingerprint density at radius 1 is 1.14 bits per heavy atom. The summed E-state index contributed by atoms with van der Waals surface area (Å²) >= 11 is 1.56. The Bertz CT molecular complexity index is 692. The van der Waals surface area contributed by atoms with E-state index in [1.165, 1.54) is 19.4 Å². The highest BCUT2D eigenvalue weighted by Crippen LogP contribution is 2.34. The molecule has 1 aromatic rings. The molecule has 162 valence electrons. The zero-order valence-corrected chi connectivity index (χ0v) is 16.8. The van der Waals surface area contributed by atoms with Crippen molar-refractivity contribution >= 4 is 23.2 Å². The first-order valence-electron chi connectivity index (χ1n) is 9.73. The molecule has 0 spiro atoms. The van der Waals surface area contributed by atoms with E-state index in [0.717, 1.165) is 49.9 Å². The molecule has 0 saturated carbocycles. The Hall–Kier alpha value is -1.65. The molecule has 3 aliphatic rings. The number of carbonyl (C=O) groups excluding carboxylic acids is 1. The van der Waals surface area contributed by atoms with Crippen molar-refractivity contribution in [1.29, 1.82) is 0 Å². The maximum absolute atomic E-state index is 12.6. The number of alkyl halides is 3. The van der Waals surface area contributed by atoms with Gasteiger partial charge in [-0.3, -0.25) is 9.69 Å². The average molecular weight is 434 g/mol. The van der Waals surface area contributed by atoms with Crippen LogP contribution in [0.2, 0.25) is 0 Å². The van der Waals surface area contributed by atoms with E-state index in [1.807, 2.05) is 17.5 Å². The minimum absolute atomic E-state index is 0.246. The number of fused-ring (bicyclic) bond motifs is 1. The lowest BCUT2D eigenvalue weighted by molar-refractivity contribution is -0.192. The summed E-state index contributed by atoms with van der Waals surface area (Å²) in [6, 6.07) is 4.95. The number of likely N-dealkylation sites (tertiary alicyclic amines) is 2. The highest BCUT2D eigenvalue weighted by atomic mass is 32.1. The Morgan fingerprint density at radius 3 is 2.38 bits per heavy atom. The summed E-state index contributed by atoms with van der Waals surface area (Å²) in [5, 5.41) is 9.12. The second-order valence-electron chi connectivity index (χ2n) is 7.54. The summed E-state index contributed by atoms with van der Waals surface area (Å²) in [7, 11) is 0. The number of rotatable bonds is 3. The van der Waals surface area contributed by atoms with Crippen LogP contribution in [-0.2, 0) is 9.53 Å². The molecule has 29 heavy (non-hydrogen) atoms. The molecule has 3 saturated heterocycles. The molecule has 1 amide bonds. The standard InChI is InChI=1S/C17H24N2O2S.C2HF3O2/c20-17(16-2-1-11-22-16)19-8-4-14-15(19)3-7-18(14)12-13-5-9-21-10-6-13;3-2(4,5)1(6)7/h1-2,11,13-15H,3-10,12H2;(H,6,7)/t14-,15+;/m0./s1. The van der Waals surface area contributed by atoms with Crippen molar-refractivity contribution in [3.05, 3.63) is 22.4 Å². The van der Waals surface area contributed by atoms with E-state index >= 15 is 0 Å². The van der Waals surface area contributed by atoms with E-state index in [2.05, 4.69) is 9.80 Å². The molecular formula is C19H25F3N2O4S. The number of thiophene rings is 1. The first-order valence-corrected chi connectivity index (χ1v) is 10.6. The molecule has 0 bridgehead atoms. The van der Waals surface area contributed by atoms with Gasteiger partial charge in [0.2, 0.25) is 0 Å². The van der Waals surface area contributed by atoms with Crippen LogP contribution in [0.3, 0.4) is 0 Å². The van der Waals surface area contributed by atoms with Gasteiger partial charge in [-0.15, -0.1) is 11.3 Å². The van der Waals surface area contributed by atoms with E-state index in [1.54, 1.807) is 11.3 Å². The van der Waals surface area contributed by atoms with Gasteiger partial charge in [0.15, 0.2) is 0 Å². The van der Waals surface area contributed by atoms with Crippen molar-refractivity contribution in [2.45, 2.75) is 43.9 Å². The van der Waals surface area contributed by atoms with Crippen molar-refractivity contribution in [1.82, 2.24) is 9.80 Å². The van der Waals surface area contributed by atoms with Gasteiger partial charge in [0.25, 0.3) is 5.91 Å². The summed E-state index contributed by atoms with van der Waals surface area (Å²) in [5.41, 5.74) is 0. The molecule has 2 atom stereocenters. The van der Waals surface area contributed by atoms with Gasteiger partial charge in [-0.25, -0.2) is 4.79 Å². The Morgan fingerprint density at radius 2 is 1.79 bits per heavy atom. The summed E-state index contributed by atoms with van der Waals surface area (Å²) in [6.45, 7) is 5.13. The molecular weight excluding hydrogens is 409 g/mol. The van der Waals surface area contributed by atoms with Crippen LogP contribution in [-0.4, -0.2) is 77.9 Å². The van der Waals surface area contributed by atoms with Crippen LogP contribution in [0, 0.1) is 5.92 Å². The van der Waals surface area contributed by atoms with Crippen LogP contribution in [0.5, 0.6) is 0 Å². The molecule has 0 radical (unpaired) electrons. The van der Waals surface area contributed by atoms with Crippen molar-refractivity contribution in [2.24, 2.45) is 5.92 Å². The molecule has 10 heteroatoms. The topological polar surface area (TPSA) is 70.1 Å². The van der Waals surface area contributed by atoms with E-state index in [9.17, 15) is 18.0 Å². The number of carboxylic acid groups (broad SMARTS) is 1. The van der Waals surface area contributed by atoms with E-state index in [0.29, 0.717) is 12.1 Å². The van der Waals surface area contributed by atoms with Crippen LogP contribution in [0.15, 0.2) is 17.5 Å². The summed E-state index contributed by atoms with van der Waals surface area (Å²) in [5.74, 6) is -1.72. The number of halogens is 3. The van der Waals surface area contributed by atoms with Crippen LogP contribution >= 0.6 is 11.3 Å². The lowest BCUT2D eigenvalue weighted by atomic mass is 9.99. The fourth-order valence-corrected chi connectivity index (χ4v) is 5.04. The normalized spacial score (nSPS) is 25.4. The van der Waals surface area contributed by atoms with Crippen LogP contribution in [0.1, 0.15) is 35.4 Å². The van der Waals surface area contributed by atoms with Gasteiger partial charge >= 0.3 is 12.1 Å². The average Bonchev–Trinajstić information content (AvgIpc) is 3.41. The Balaban J connectivity index is 0.000000298. The van der Waals surface area contributed by atoms with Gasteiger partial charge in [0, 0.05) is 44.9 Å². The third-order valence-electron chi connectivity index (χ3n) is 5.76. The third-order valence-corrected chi connectivity index (χ3v) is 6.62. The quantitative estimate of drug-likeness (QED) is 0.792. The number of aliphatic carboxylic acids is 1. The lowest BCUT2D eigenvalue weighted by Gasteiger charge is -2.30. The molecule has 4 heterocycles. The predicted molar refractivity (Wildman–Crippen MR) is 101 cm³/mol. The molecule has 1 N–H and O–H groups in total. The first-order chi connectivity index (χ1) is 13.8. The Kier molecular flexibility index (Phi) is 7.18. The summed E-state index contributed by atoms with van der Waals surface area (Å²) < 4.78 is 37.2. The maximum atomic E-state index is 12.6. The molecule has 0 unspecified atom stereocenters. The molecule has 3 fully saturated rings. The highest BCUT2D eigenvalue weighted by Gasteiger charge is 2.45. The largest absolute Gasteiger partial charge is 0.490 e. The number of hydrogen-bond donors (Lipinski definition) is 1. The fraction of sp³-hybridized carbons (Fsp3) is 0.684. The zero-order chi connectivity index (χ0) is 21.0. The number of carboxylic acids is 1. The van der Waals surface area contributed by atoms with Gasteiger partial charge in [0.05, 0.1) is 4.88 Å². The predicted octanol–water partition coefficient (Wildman–Crippen LogP) is 3.10. The van der Waals surface area contributed by atoms with E-state index < -0.39 is 12.1 Å². The third kappa shape index (κ3) is 5.49. The van der Waals surface area contributed by atoms with Crippen LogP contribution in [0.4, 0.5) is 13.2 Å². The van der Waals surface area contributed by atoms with Crippen LogP contribution in [0.25, 0.3) is 0 Å². The molecule has 6 nitrogen and oxygen atoms in total. The molecule has 1 aromatic heterocycles. The molecule has 0 aromatic carbocycles. The summed E-state index contributed by atoms with van der Waals surface area (Å²) in [4.78, 5) is 27.2.